The molecule has 2 aromatic carbocycles. The molecular weight excluding hydrogens is 270 g/mol. The predicted octanol–water partition coefficient (Wildman–Crippen LogP) is 3.21. The average molecular weight is 291 g/mol. The molecule has 0 spiro atoms. The van der Waals surface area contributed by atoms with Crippen LogP contribution in [-0.4, -0.2) is 31.1 Å². The summed E-state index contributed by atoms with van der Waals surface area (Å²) in [6.07, 6.45) is 0.546. The van der Waals surface area contributed by atoms with Crippen molar-refractivity contribution in [3.8, 4) is 17.2 Å². The Morgan fingerprint density at radius 1 is 0.955 bits per heavy atom. The van der Waals surface area contributed by atoms with Gasteiger partial charge in [0.15, 0.2) is 0 Å². The molecule has 0 aliphatic carbocycles. The van der Waals surface area contributed by atoms with Gasteiger partial charge in [0.2, 0.25) is 0 Å². The number of piperazine rings is 1. The highest BCUT2D eigenvalue weighted by Crippen LogP contribution is 2.27. The Kier molecular flexibility index (Phi) is 4.85. The number of nitrogens with one attached hydrogen (secondary N) is 1. The van der Waals surface area contributed by atoms with Gasteiger partial charge >= 0.3 is 0 Å². The molecule has 1 N–H and O–H groups in total. The quantitative estimate of drug-likeness (QED) is 0.940. The fourth-order valence-electron chi connectivity index (χ4n) is 3.07. The van der Waals surface area contributed by atoms with Gasteiger partial charge in [-0.25, -0.2) is 0 Å². The summed E-state index contributed by atoms with van der Waals surface area (Å²) in [6, 6.07) is 21.6. The van der Waals surface area contributed by atoms with Gasteiger partial charge in [-0.05, 0) is 16.7 Å². The second kappa shape index (κ2) is 7.22. The first-order chi connectivity index (χ1) is 10.9. The Hall–Kier alpha value is -2.15. The van der Waals surface area contributed by atoms with Crippen molar-refractivity contribution in [3.63, 3.8) is 0 Å². The van der Waals surface area contributed by atoms with E-state index in [1.165, 1.54) is 16.7 Å². The summed E-state index contributed by atoms with van der Waals surface area (Å²) in [4.78, 5) is 2.41. The Labute approximate surface area is 132 Å². The van der Waals surface area contributed by atoms with Crippen LogP contribution in [0.15, 0.2) is 54.6 Å². The number of benzene rings is 2. The van der Waals surface area contributed by atoms with E-state index >= 15 is 0 Å². The molecule has 0 bridgehead atoms. The second-order valence-corrected chi connectivity index (χ2v) is 5.65. The summed E-state index contributed by atoms with van der Waals surface area (Å²) in [5, 5.41) is 12.5. The van der Waals surface area contributed by atoms with Crippen LogP contribution in [0, 0.1) is 11.3 Å². The van der Waals surface area contributed by atoms with E-state index < -0.39 is 0 Å². The van der Waals surface area contributed by atoms with Gasteiger partial charge in [-0.3, -0.25) is 4.90 Å². The first-order valence-corrected chi connectivity index (χ1v) is 7.85. The summed E-state index contributed by atoms with van der Waals surface area (Å²) in [5.74, 6) is 0. The van der Waals surface area contributed by atoms with Crippen molar-refractivity contribution in [1.29, 1.82) is 5.26 Å². The zero-order valence-electron chi connectivity index (χ0n) is 12.7. The third-order valence-corrected chi connectivity index (χ3v) is 4.28. The lowest BCUT2D eigenvalue weighted by Gasteiger charge is -2.34. The number of nitriles is 1. The van der Waals surface area contributed by atoms with E-state index in [-0.39, 0.29) is 6.04 Å². The van der Waals surface area contributed by atoms with Gasteiger partial charge in [0, 0.05) is 32.2 Å². The predicted molar refractivity (Wildman–Crippen MR) is 89.3 cm³/mol. The lowest BCUT2D eigenvalue weighted by Crippen LogP contribution is -2.45. The van der Waals surface area contributed by atoms with Crippen LogP contribution in [0.3, 0.4) is 0 Å². The van der Waals surface area contributed by atoms with E-state index in [0.717, 1.165) is 26.2 Å². The maximum absolute atomic E-state index is 9.17. The van der Waals surface area contributed by atoms with Crippen LogP contribution >= 0.6 is 0 Å². The second-order valence-electron chi connectivity index (χ2n) is 5.65. The molecule has 1 atom stereocenters. The highest BCUT2D eigenvalue weighted by Gasteiger charge is 2.21. The van der Waals surface area contributed by atoms with E-state index in [9.17, 15) is 0 Å². The van der Waals surface area contributed by atoms with Crippen LogP contribution in [0.1, 0.15) is 18.0 Å². The third kappa shape index (κ3) is 3.36. The first kappa shape index (κ1) is 14.8. The zero-order valence-corrected chi connectivity index (χ0v) is 12.7. The van der Waals surface area contributed by atoms with E-state index in [1.807, 2.05) is 6.07 Å². The minimum Gasteiger partial charge on any atom is -0.314 e. The molecular formula is C19H21N3. The molecule has 112 valence electrons. The van der Waals surface area contributed by atoms with E-state index in [0.29, 0.717) is 6.42 Å². The third-order valence-electron chi connectivity index (χ3n) is 4.28. The summed E-state index contributed by atoms with van der Waals surface area (Å²) < 4.78 is 0. The van der Waals surface area contributed by atoms with Gasteiger partial charge in [0.25, 0.3) is 0 Å². The first-order valence-electron chi connectivity index (χ1n) is 7.85. The molecule has 0 saturated carbocycles. The zero-order chi connectivity index (χ0) is 15.2. The monoisotopic (exact) mass is 291 g/mol. The average Bonchev–Trinajstić information content (AvgIpc) is 2.61. The maximum Gasteiger partial charge on any atom is 0.0641 e. The minimum atomic E-state index is 0.205. The Balaban J connectivity index is 1.81. The number of nitrogens with zero attached hydrogens (tertiary/aromatic N) is 2. The van der Waals surface area contributed by atoms with Gasteiger partial charge in [-0.15, -0.1) is 0 Å². The highest BCUT2D eigenvalue weighted by atomic mass is 15.2. The normalized spacial score (nSPS) is 16.9. The van der Waals surface area contributed by atoms with Crippen LogP contribution in [-0.2, 0) is 0 Å². The topological polar surface area (TPSA) is 39.1 Å². The van der Waals surface area contributed by atoms with E-state index in [4.69, 9.17) is 5.26 Å². The smallest absolute Gasteiger partial charge is 0.0641 e. The molecule has 3 heteroatoms. The molecule has 1 aliphatic heterocycles. The molecule has 22 heavy (non-hydrogen) atoms. The number of hydrogen-bond acceptors (Lipinski definition) is 3. The summed E-state index contributed by atoms with van der Waals surface area (Å²) in [5.41, 5.74) is 3.69. The van der Waals surface area contributed by atoms with Crippen molar-refractivity contribution >= 4 is 0 Å². The molecule has 0 amide bonds. The summed E-state index contributed by atoms with van der Waals surface area (Å²) in [7, 11) is 0. The molecule has 0 unspecified atom stereocenters. The fourth-order valence-corrected chi connectivity index (χ4v) is 3.07. The minimum absolute atomic E-state index is 0.205. The standard InChI is InChI=1S/C19H21N3/c20-11-10-19(22-14-12-21-13-15-22)18-8-6-17(7-9-18)16-4-2-1-3-5-16/h1-9,19,21H,10,12-15H2/t19-/m1/s1. The van der Waals surface area contributed by atoms with Crippen LogP contribution in [0.5, 0.6) is 0 Å². The lowest BCUT2D eigenvalue weighted by molar-refractivity contribution is 0.175. The Morgan fingerprint density at radius 3 is 2.23 bits per heavy atom. The molecule has 2 aromatic rings. The molecule has 1 heterocycles. The highest BCUT2D eigenvalue weighted by molar-refractivity contribution is 5.63. The fraction of sp³-hybridized carbons (Fsp3) is 0.316. The summed E-state index contributed by atoms with van der Waals surface area (Å²) >= 11 is 0. The van der Waals surface area contributed by atoms with E-state index in [1.54, 1.807) is 0 Å². The molecule has 1 saturated heterocycles. The van der Waals surface area contributed by atoms with Crippen LogP contribution in [0.25, 0.3) is 11.1 Å². The van der Waals surface area contributed by atoms with Crippen molar-refractivity contribution in [2.24, 2.45) is 0 Å². The van der Waals surface area contributed by atoms with Crippen molar-refractivity contribution in [1.82, 2.24) is 10.2 Å². The SMILES string of the molecule is N#CC[C@H](c1ccc(-c2ccccc2)cc1)N1CCNCC1. The lowest BCUT2D eigenvalue weighted by atomic mass is 9.98. The van der Waals surface area contributed by atoms with Gasteiger partial charge in [0.05, 0.1) is 12.5 Å². The maximum atomic E-state index is 9.17. The Bertz CT molecular complexity index is 622. The molecule has 3 rings (SSSR count). The summed E-state index contributed by atoms with van der Waals surface area (Å²) in [6.45, 7) is 4.02. The van der Waals surface area contributed by atoms with Crippen molar-refractivity contribution in [2.45, 2.75) is 12.5 Å². The van der Waals surface area contributed by atoms with Gasteiger partial charge in [-0.2, -0.15) is 5.26 Å². The van der Waals surface area contributed by atoms with Crippen molar-refractivity contribution in [3.05, 3.63) is 60.2 Å². The van der Waals surface area contributed by atoms with Gasteiger partial charge in [0.1, 0.15) is 0 Å². The molecule has 0 radical (unpaired) electrons. The number of rotatable bonds is 4. The van der Waals surface area contributed by atoms with E-state index in [2.05, 4.69) is 64.8 Å². The van der Waals surface area contributed by atoms with Crippen molar-refractivity contribution in [2.75, 3.05) is 26.2 Å². The largest absolute Gasteiger partial charge is 0.314 e. The Morgan fingerprint density at radius 2 is 1.59 bits per heavy atom. The van der Waals surface area contributed by atoms with Gasteiger partial charge in [-0.1, -0.05) is 54.6 Å². The molecule has 0 aromatic heterocycles. The van der Waals surface area contributed by atoms with Crippen LogP contribution in [0.2, 0.25) is 0 Å². The van der Waals surface area contributed by atoms with Crippen molar-refractivity contribution < 1.29 is 0 Å². The van der Waals surface area contributed by atoms with Crippen LogP contribution < -0.4 is 5.32 Å². The number of hydrogen-bond donors (Lipinski definition) is 1. The molecule has 1 fully saturated rings. The van der Waals surface area contributed by atoms with Crippen LogP contribution in [0.4, 0.5) is 0 Å². The van der Waals surface area contributed by atoms with Gasteiger partial charge < -0.3 is 5.32 Å². The molecule has 1 aliphatic rings. The molecule has 3 nitrogen and oxygen atoms in total.